The maximum atomic E-state index is 12.7. The Morgan fingerprint density at radius 1 is 1.07 bits per heavy atom. The molecule has 146 valence electrons. The highest BCUT2D eigenvalue weighted by Gasteiger charge is 2.17. The van der Waals surface area contributed by atoms with Gasteiger partial charge in [-0.2, -0.15) is 0 Å². The lowest BCUT2D eigenvalue weighted by Gasteiger charge is -2.00. The van der Waals surface area contributed by atoms with Crippen LogP contribution in [0.1, 0.15) is 26.6 Å². The first kappa shape index (κ1) is 19.7. The predicted molar refractivity (Wildman–Crippen MR) is 118 cm³/mol. The summed E-state index contributed by atoms with van der Waals surface area (Å²) in [6.07, 6.45) is 2.51. The summed E-state index contributed by atoms with van der Waals surface area (Å²) < 4.78 is 5.76. The van der Waals surface area contributed by atoms with Crippen molar-refractivity contribution in [1.29, 1.82) is 0 Å². The highest BCUT2D eigenvalue weighted by molar-refractivity contribution is 7.15. The standard InChI is InChI=1S/C22H16Cl2N2O2S/c1-13-19(11-20(28-13)15-4-8-17(24)9-5-15)21(27)26-22-25-12-18(29-22)10-14-2-6-16(23)7-3-14/h2-9,11-12H,10H2,1H3,(H,25,26,27). The number of aromatic nitrogens is 1. The van der Waals surface area contributed by atoms with E-state index in [1.807, 2.05) is 36.4 Å². The van der Waals surface area contributed by atoms with E-state index in [0.717, 1.165) is 22.4 Å². The minimum atomic E-state index is -0.251. The zero-order valence-corrected chi connectivity index (χ0v) is 17.7. The summed E-state index contributed by atoms with van der Waals surface area (Å²) >= 11 is 13.3. The fourth-order valence-electron chi connectivity index (χ4n) is 2.88. The molecule has 4 nitrogen and oxygen atoms in total. The Kier molecular flexibility index (Phi) is 5.72. The molecule has 0 saturated carbocycles. The van der Waals surface area contributed by atoms with Crippen molar-refractivity contribution < 1.29 is 9.21 Å². The van der Waals surface area contributed by atoms with Crippen LogP contribution in [-0.2, 0) is 6.42 Å². The van der Waals surface area contributed by atoms with E-state index >= 15 is 0 Å². The van der Waals surface area contributed by atoms with Crippen LogP contribution in [-0.4, -0.2) is 10.9 Å². The second kappa shape index (κ2) is 8.41. The average molecular weight is 443 g/mol. The van der Waals surface area contributed by atoms with Gasteiger partial charge < -0.3 is 4.42 Å². The summed E-state index contributed by atoms with van der Waals surface area (Å²) in [6, 6.07) is 16.7. The van der Waals surface area contributed by atoms with Gasteiger partial charge in [0, 0.05) is 33.1 Å². The summed E-state index contributed by atoms with van der Waals surface area (Å²) in [5.74, 6) is 0.913. The van der Waals surface area contributed by atoms with Crippen molar-refractivity contribution in [2.24, 2.45) is 0 Å². The number of anilines is 1. The van der Waals surface area contributed by atoms with Crippen LogP contribution >= 0.6 is 34.5 Å². The van der Waals surface area contributed by atoms with Gasteiger partial charge in [0.15, 0.2) is 5.13 Å². The fourth-order valence-corrected chi connectivity index (χ4v) is 3.97. The van der Waals surface area contributed by atoms with Crippen LogP contribution in [0.5, 0.6) is 0 Å². The van der Waals surface area contributed by atoms with Gasteiger partial charge in [-0.1, -0.05) is 35.3 Å². The minimum absolute atomic E-state index is 0.251. The van der Waals surface area contributed by atoms with Gasteiger partial charge in [0.05, 0.1) is 5.56 Å². The summed E-state index contributed by atoms with van der Waals surface area (Å²) in [5.41, 5.74) is 2.47. The van der Waals surface area contributed by atoms with Crippen molar-refractivity contribution in [3.63, 3.8) is 0 Å². The number of rotatable bonds is 5. The van der Waals surface area contributed by atoms with Crippen molar-refractivity contribution >= 4 is 45.6 Å². The number of nitrogens with zero attached hydrogens (tertiary/aromatic N) is 1. The first-order chi connectivity index (χ1) is 14.0. The van der Waals surface area contributed by atoms with Crippen LogP contribution in [0.25, 0.3) is 11.3 Å². The first-order valence-corrected chi connectivity index (χ1v) is 10.4. The monoisotopic (exact) mass is 442 g/mol. The van der Waals surface area contributed by atoms with E-state index in [9.17, 15) is 4.79 Å². The smallest absolute Gasteiger partial charge is 0.261 e. The lowest BCUT2D eigenvalue weighted by atomic mass is 10.1. The van der Waals surface area contributed by atoms with Gasteiger partial charge >= 0.3 is 0 Å². The molecule has 0 fully saturated rings. The second-order valence-electron chi connectivity index (χ2n) is 6.48. The number of carbonyl (C=O) groups is 1. The quantitative estimate of drug-likeness (QED) is 0.367. The van der Waals surface area contributed by atoms with Gasteiger partial charge in [-0.3, -0.25) is 10.1 Å². The number of aryl methyl sites for hydroxylation is 1. The van der Waals surface area contributed by atoms with E-state index in [2.05, 4.69) is 10.3 Å². The molecule has 2 aromatic carbocycles. The molecule has 1 N–H and O–H groups in total. The van der Waals surface area contributed by atoms with E-state index < -0.39 is 0 Å². The molecular weight excluding hydrogens is 427 g/mol. The van der Waals surface area contributed by atoms with Crippen molar-refractivity contribution in [3.8, 4) is 11.3 Å². The lowest BCUT2D eigenvalue weighted by Crippen LogP contribution is -2.11. The van der Waals surface area contributed by atoms with Crippen LogP contribution in [0.3, 0.4) is 0 Å². The topological polar surface area (TPSA) is 55.1 Å². The van der Waals surface area contributed by atoms with E-state index in [0.29, 0.717) is 32.3 Å². The highest BCUT2D eigenvalue weighted by atomic mass is 35.5. The van der Waals surface area contributed by atoms with Crippen LogP contribution in [0.2, 0.25) is 10.0 Å². The van der Waals surface area contributed by atoms with Gasteiger partial charge in [0.25, 0.3) is 5.91 Å². The van der Waals surface area contributed by atoms with Gasteiger partial charge in [-0.05, 0) is 55.0 Å². The molecule has 0 spiro atoms. The molecule has 0 aliphatic heterocycles. The number of hydrogen-bond donors (Lipinski definition) is 1. The third-order valence-electron chi connectivity index (χ3n) is 4.36. The van der Waals surface area contributed by atoms with Crippen molar-refractivity contribution in [1.82, 2.24) is 4.98 Å². The largest absolute Gasteiger partial charge is 0.461 e. The molecule has 0 bridgehead atoms. The molecule has 0 atom stereocenters. The number of amides is 1. The van der Waals surface area contributed by atoms with Crippen LogP contribution in [0.15, 0.2) is 65.2 Å². The Balaban J connectivity index is 1.46. The van der Waals surface area contributed by atoms with Crippen molar-refractivity contribution in [2.75, 3.05) is 5.32 Å². The molecule has 4 rings (SSSR count). The Labute approximate surface area is 182 Å². The average Bonchev–Trinajstić information content (AvgIpc) is 3.30. The summed E-state index contributed by atoms with van der Waals surface area (Å²) in [6.45, 7) is 1.77. The normalized spacial score (nSPS) is 10.9. The number of benzene rings is 2. The Morgan fingerprint density at radius 2 is 1.72 bits per heavy atom. The fraction of sp³-hybridized carbons (Fsp3) is 0.0909. The van der Waals surface area contributed by atoms with Crippen molar-refractivity contribution in [3.05, 3.63) is 92.6 Å². The number of furan rings is 1. The molecule has 0 radical (unpaired) electrons. The SMILES string of the molecule is Cc1oc(-c2ccc(Cl)cc2)cc1C(=O)Nc1ncc(Cc2ccc(Cl)cc2)s1. The first-order valence-electron chi connectivity index (χ1n) is 8.85. The minimum Gasteiger partial charge on any atom is -0.461 e. The zero-order valence-electron chi connectivity index (χ0n) is 15.4. The van der Waals surface area contributed by atoms with E-state index in [1.54, 1.807) is 31.3 Å². The number of nitrogens with one attached hydrogen (secondary N) is 1. The molecule has 0 unspecified atom stereocenters. The summed E-state index contributed by atoms with van der Waals surface area (Å²) in [4.78, 5) is 18.1. The van der Waals surface area contributed by atoms with Crippen LogP contribution in [0, 0.1) is 6.92 Å². The van der Waals surface area contributed by atoms with Gasteiger partial charge in [0.1, 0.15) is 11.5 Å². The number of halogens is 2. The number of carbonyl (C=O) groups excluding carboxylic acids is 1. The molecule has 1 amide bonds. The van der Waals surface area contributed by atoms with E-state index in [4.69, 9.17) is 27.6 Å². The molecule has 4 aromatic rings. The van der Waals surface area contributed by atoms with Gasteiger partial charge in [0.2, 0.25) is 0 Å². The Bertz CT molecular complexity index is 1150. The molecule has 2 aromatic heterocycles. The molecule has 2 heterocycles. The number of thiazole rings is 1. The summed E-state index contributed by atoms with van der Waals surface area (Å²) in [5, 5.41) is 4.76. The predicted octanol–water partition coefficient (Wildman–Crippen LogP) is 6.86. The Morgan fingerprint density at radius 3 is 2.41 bits per heavy atom. The molecule has 0 saturated heterocycles. The zero-order chi connectivity index (χ0) is 20.4. The molecular formula is C22H16Cl2N2O2S. The lowest BCUT2D eigenvalue weighted by molar-refractivity contribution is 0.102. The van der Waals surface area contributed by atoms with E-state index in [-0.39, 0.29) is 5.91 Å². The highest BCUT2D eigenvalue weighted by Crippen LogP contribution is 2.28. The Hall–Kier alpha value is -2.60. The second-order valence-corrected chi connectivity index (χ2v) is 8.46. The third kappa shape index (κ3) is 4.70. The van der Waals surface area contributed by atoms with Crippen LogP contribution in [0.4, 0.5) is 5.13 Å². The third-order valence-corrected chi connectivity index (χ3v) is 5.77. The molecule has 0 aliphatic rings. The number of hydrogen-bond acceptors (Lipinski definition) is 4. The molecule has 29 heavy (non-hydrogen) atoms. The van der Waals surface area contributed by atoms with E-state index in [1.165, 1.54) is 11.3 Å². The van der Waals surface area contributed by atoms with Crippen LogP contribution < -0.4 is 5.32 Å². The summed E-state index contributed by atoms with van der Waals surface area (Å²) in [7, 11) is 0. The maximum Gasteiger partial charge on any atom is 0.261 e. The van der Waals surface area contributed by atoms with Crippen molar-refractivity contribution in [2.45, 2.75) is 13.3 Å². The molecule has 7 heteroatoms. The maximum absolute atomic E-state index is 12.7. The van der Waals surface area contributed by atoms with Gasteiger partial charge in [-0.15, -0.1) is 11.3 Å². The molecule has 0 aliphatic carbocycles. The van der Waals surface area contributed by atoms with Gasteiger partial charge in [-0.25, -0.2) is 4.98 Å².